The maximum absolute atomic E-state index is 12.5. The molecule has 0 unspecified atom stereocenters. The van der Waals surface area contributed by atoms with E-state index >= 15 is 0 Å². The van der Waals surface area contributed by atoms with Crippen molar-refractivity contribution < 1.29 is 4.79 Å². The molecule has 0 N–H and O–H groups in total. The summed E-state index contributed by atoms with van der Waals surface area (Å²) in [5.74, 6) is 0.0278. The van der Waals surface area contributed by atoms with Crippen molar-refractivity contribution in [2.24, 2.45) is 0 Å². The summed E-state index contributed by atoms with van der Waals surface area (Å²) in [7, 11) is 0. The fourth-order valence-corrected chi connectivity index (χ4v) is 2.44. The van der Waals surface area contributed by atoms with E-state index in [9.17, 15) is 4.79 Å². The van der Waals surface area contributed by atoms with Gasteiger partial charge >= 0.3 is 0 Å². The highest BCUT2D eigenvalue weighted by Crippen LogP contribution is 2.16. The smallest absolute Gasteiger partial charge is 0.254 e. The van der Waals surface area contributed by atoms with Gasteiger partial charge < -0.3 is 4.90 Å². The van der Waals surface area contributed by atoms with Gasteiger partial charge in [0.1, 0.15) is 0 Å². The van der Waals surface area contributed by atoms with Crippen LogP contribution in [0, 0.1) is 0 Å². The molecule has 1 amide bonds. The van der Waals surface area contributed by atoms with Crippen LogP contribution in [0.2, 0.25) is 5.02 Å². The molecule has 0 spiro atoms. The molecule has 0 aromatic heterocycles. The van der Waals surface area contributed by atoms with E-state index in [1.807, 2.05) is 55.5 Å². The van der Waals surface area contributed by atoms with Crippen molar-refractivity contribution in [3.8, 4) is 0 Å². The van der Waals surface area contributed by atoms with E-state index in [0.717, 1.165) is 10.0 Å². The Morgan fingerprint density at radius 2 is 1.90 bits per heavy atom. The zero-order chi connectivity index (χ0) is 14.5. The van der Waals surface area contributed by atoms with Crippen LogP contribution in [0.15, 0.2) is 53.0 Å². The number of benzene rings is 2. The average molecular weight is 353 g/mol. The second-order valence-corrected chi connectivity index (χ2v) is 5.81. The van der Waals surface area contributed by atoms with Gasteiger partial charge in [0, 0.05) is 28.1 Å². The van der Waals surface area contributed by atoms with Crippen LogP contribution in [-0.2, 0) is 6.54 Å². The second-order valence-electron chi connectivity index (χ2n) is 4.46. The first-order chi connectivity index (χ1) is 9.60. The van der Waals surface area contributed by atoms with Gasteiger partial charge in [-0.2, -0.15) is 0 Å². The number of nitrogens with zero attached hydrogens (tertiary/aromatic N) is 1. The van der Waals surface area contributed by atoms with E-state index in [0.29, 0.717) is 23.7 Å². The zero-order valence-electron chi connectivity index (χ0n) is 11.1. The summed E-state index contributed by atoms with van der Waals surface area (Å²) in [6.07, 6.45) is 0. The Morgan fingerprint density at radius 1 is 1.20 bits per heavy atom. The van der Waals surface area contributed by atoms with Crippen LogP contribution < -0.4 is 0 Å². The van der Waals surface area contributed by atoms with E-state index in [2.05, 4.69) is 15.9 Å². The lowest BCUT2D eigenvalue weighted by Crippen LogP contribution is -2.30. The minimum absolute atomic E-state index is 0.0278. The van der Waals surface area contributed by atoms with Crippen molar-refractivity contribution in [3.63, 3.8) is 0 Å². The molecule has 0 bridgehead atoms. The van der Waals surface area contributed by atoms with Crippen molar-refractivity contribution in [1.29, 1.82) is 0 Å². The van der Waals surface area contributed by atoms with Crippen LogP contribution in [-0.4, -0.2) is 17.4 Å². The Bertz CT molecular complexity index is 598. The third-order valence-electron chi connectivity index (χ3n) is 3.02. The highest BCUT2D eigenvalue weighted by molar-refractivity contribution is 9.10. The molecule has 0 saturated carbocycles. The van der Waals surface area contributed by atoms with Crippen molar-refractivity contribution in [2.75, 3.05) is 6.54 Å². The summed E-state index contributed by atoms with van der Waals surface area (Å²) in [4.78, 5) is 14.3. The SMILES string of the molecule is CCN(Cc1cccc(Cl)c1)C(=O)c1ccc(Br)cc1. The quantitative estimate of drug-likeness (QED) is 0.776. The molecule has 104 valence electrons. The van der Waals surface area contributed by atoms with E-state index < -0.39 is 0 Å². The largest absolute Gasteiger partial charge is 0.335 e. The van der Waals surface area contributed by atoms with Gasteiger partial charge in [-0.15, -0.1) is 0 Å². The van der Waals surface area contributed by atoms with E-state index in [-0.39, 0.29) is 5.91 Å². The van der Waals surface area contributed by atoms with E-state index in [4.69, 9.17) is 11.6 Å². The Labute approximate surface area is 132 Å². The molecule has 0 atom stereocenters. The lowest BCUT2D eigenvalue weighted by molar-refractivity contribution is 0.0752. The van der Waals surface area contributed by atoms with Gasteiger partial charge in [0.05, 0.1) is 0 Å². The molecule has 0 aliphatic carbocycles. The van der Waals surface area contributed by atoms with Crippen LogP contribution in [0.4, 0.5) is 0 Å². The van der Waals surface area contributed by atoms with Crippen molar-refractivity contribution >= 4 is 33.4 Å². The summed E-state index contributed by atoms with van der Waals surface area (Å²) in [5, 5.41) is 0.689. The minimum atomic E-state index is 0.0278. The second kappa shape index (κ2) is 6.91. The number of carbonyl (C=O) groups is 1. The molecular weight excluding hydrogens is 338 g/mol. The first kappa shape index (κ1) is 15.1. The van der Waals surface area contributed by atoms with Gasteiger partial charge in [-0.25, -0.2) is 0 Å². The lowest BCUT2D eigenvalue weighted by Gasteiger charge is -2.21. The molecule has 20 heavy (non-hydrogen) atoms. The molecule has 0 aliphatic heterocycles. The fourth-order valence-electron chi connectivity index (χ4n) is 1.96. The van der Waals surface area contributed by atoms with Crippen LogP contribution in [0.1, 0.15) is 22.8 Å². The monoisotopic (exact) mass is 351 g/mol. The maximum Gasteiger partial charge on any atom is 0.254 e. The molecule has 0 radical (unpaired) electrons. The molecule has 4 heteroatoms. The Balaban J connectivity index is 2.15. The molecule has 0 aliphatic rings. The Morgan fingerprint density at radius 3 is 2.50 bits per heavy atom. The molecule has 2 aromatic rings. The highest BCUT2D eigenvalue weighted by atomic mass is 79.9. The normalized spacial score (nSPS) is 10.3. The minimum Gasteiger partial charge on any atom is -0.335 e. The van der Waals surface area contributed by atoms with Crippen LogP contribution in [0.25, 0.3) is 0 Å². The molecule has 2 nitrogen and oxygen atoms in total. The summed E-state index contributed by atoms with van der Waals surface area (Å²) in [6.45, 7) is 3.19. The number of hydrogen-bond acceptors (Lipinski definition) is 1. The van der Waals surface area contributed by atoms with Crippen molar-refractivity contribution in [2.45, 2.75) is 13.5 Å². The summed E-state index contributed by atoms with van der Waals surface area (Å²) >= 11 is 9.35. The van der Waals surface area contributed by atoms with Crippen LogP contribution in [0.5, 0.6) is 0 Å². The summed E-state index contributed by atoms with van der Waals surface area (Å²) in [5.41, 5.74) is 1.72. The highest BCUT2D eigenvalue weighted by Gasteiger charge is 2.14. The lowest BCUT2D eigenvalue weighted by atomic mass is 10.1. The first-order valence-corrected chi connectivity index (χ1v) is 7.56. The molecule has 0 saturated heterocycles. The van der Waals surface area contributed by atoms with Gasteiger partial charge in [-0.05, 0) is 48.9 Å². The number of carbonyl (C=O) groups excluding carboxylic acids is 1. The number of rotatable bonds is 4. The van der Waals surface area contributed by atoms with Gasteiger partial charge in [0.25, 0.3) is 5.91 Å². The third-order valence-corrected chi connectivity index (χ3v) is 3.79. The molecular formula is C16H15BrClNO. The van der Waals surface area contributed by atoms with Gasteiger partial charge in [-0.3, -0.25) is 4.79 Å². The Hall–Kier alpha value is -1.32. The predicted molar refractivity (Wildman–Crippen MR) is 86.0 cm³/mol. The molecule has 0 heterocycles. The standard InChI is InChI=1S/C16H15BrClNO/c1-2-19(11-12-4-3-5-15(18)10-12)16(20)13-6-8-14(17)9-7-13/h3-10H,2,11H2,1H3. The Kier molecular flexibility index (Phi) is 5.21. The van der Waals surface area contributed by atoms with Crippen molar-refractivity contribution in [3.05, 3.63) is 69.2 Å². The number of hydrogen-bond donors (Lipinski definition) is 0. The fraction of sp³-hybridized carbons (Fsp3) is 0.188. The number of halogens is 2. The van der Waals surface area contributed by atoms with Crippen LogP contribution in [0.3, 0.4) is 0 Å². The van der Waals surface area contributed by atoms with Gasteiger partial charge in [0.15, 0.2) is 0 Å². The van der Waals surface area contributed by atoms with Gasteiger partial charge in [0.2, 0.25) is 0 Å². The van der Waals surface area contributed by atoms with E-state index in [1.54, 1.807) is 4.90 Å². The van der Waals surface area contributed by atoms with Gasteiger partial charge in [-0.1, -0.05) is 39.7 Å². The topological polar surface area (TPSA) is 20.3 Å². The molecule has 0 fully saturated rings. The average Bonchev–Trinajstić information content (AvgIpc) is 2.45. The summed E-state index contributed by atoms with van der Waals surface area (Å²) < 4.78 is 0.965. The maximum atomic E-state index is 12.5. The number of amides is 1. The summed E-state index contributed by atoms with van der Waals surface area (Å²) in [6, 6.07) is 15.0. The molecule has 2 rings (SSSR count). The van der Waals surface area contributed by atoms with E-state index in [1.165, 1.54) is 0 Å². The van der Waals surface area contributed by atoms with Crippen molar-refractivity contribution in [1.82, 2.24) is 4.90 Å². The van der Waals surface area contributed by atoms with Crippen LogP contribution >= 0.6 is 27.5 Å². The third kappa shape index (κ3) is 3.84. The first-order valence-electron chi connectivity index (χ1n) is 6.39. The predicted octanol–water partition coefficient (Wildman–Crippen LogP) is 4.76. The molecule has 2 aromatic carbocycles. The zero-order valence-corrected chi connectivity index (χ0v) is 13.5.